The van der Waals surface area contributed by atoms with Crippen LogP contribution in [-0.4, -0.2) is 38.5 Å². The Hall–Kier alpha value is -3.07. The molecule has 28 heavy (non-hydrogen) atoms. The van der Waals surface area contributed by atoms with E-state index in [-0.39, 0.29) is 12.7 Å². The first-order chi connectivity index (χ1) is 13.7. The molecule has 0 radical (unpaired) electrons. The number of hydrogen-bond acceptors (Lipinski definition) is 7. The van der Waals surface area contributed by atoms with Crippen LogP contribution < -0.4 is 14.8 Å². The van der Waals surface area contributed by atoms with Gasteiger partial charge in [0.15, 0.2) is 23.0 Å². The fraction of sp³-hybridized carbons (Fsp3) is 0.263. The van der Waals surface area contributed by atoms with Crippen molar-refractivity contribution in [1.29, 1.82) is 0 Å². The maximum atomic E-state index is 12.1. The molecule has 5 rings (SSSR count). The number of fused-ring (bicyclic) bond motifs is 1. The molecule has 8 nitrogen and oxygen atoms in total. The minimum atomic E-state index is -0.146. The third-order valence-electron chi connectivity index (χ3n) is 4.42. The van der Waals surface area contributed by atoms with Gasteiger partial charge >= 0.3 is 0 Å². The predicted molar refractivity (Wildman–Crippen MR) is 102 cm³/mol. The highest BCUT2D eigenvalue weighted by molar-refractivity contribution is 7.98. The van der Waals surface area contributed by atoms with E-state index in [1.807, 2.05) is 24.3 Å². The Labute approximate surface area is 165 Å². The van der Waals surface area contributed by atoms with Crippen molar-refractivity contribution in [3.05, 3.63) is 54.1 Å². The Morgan fingerprint density at radius 2 is 2.07 bits per heavy atom. The molecule has 142 valence electrons. The Balaban J connectivity index is 1.27. The number of benzene rings is 1. The van der Waals surface area contributed by atoms with Gasteiger partial charge in [-0.05, 0) is 36.6 Å². The van der Waals surface area contributed by atoms with E-state index >= 15 is 0 Å². The second-order valence-electron chi connectivity index (χ2n) is 6.58. The maximum Gasteiger partial charge on any atom is 0.272 e. The summed E-state index contributed by atoms with van der Waals surface area (Å²) >= 11 is 1.59. The van der Waals surface area contributed by atoms with Crippen LogP contribution in [0.4, 0.5) is 0 Å². The number of carbonyl (C=O) groups excluding carboxylic acids is 1. The predicted octanol–water partition coefficient (Wildman–Crippen LogP) is 2.58. The number of ether oxygens (including phenoxy) is 2. The zero-order valence-electron chi connectivity index (χ0n) is 14.9. The second-order valence-corrected chi connectivity index (χ2v) is 7.58. The molecule has 3 aromatic rings. The average Bonchev–Trinajstić information content (AvgIpc) is 3.21. The van der Waals surface area contributed by atoms with Crippen molar-refractivity contribution in [3.8, 4) is 17.3 Å². The summed E-state index contributed by atoms with van der Waals surface area (Å²) in [5.74, 6) is 2.76. The van der Waals surface area contributed by atoms with E-state index in [0.717, 1.165) is 40.7 Å². The van der Waals surface area contributed by atoms with Crippen LogP contribution in [0.5, 0.6) is 11.5 Å². The SMILES string of the molecule is O=C(NC1CC1)c1ccn(-c2cc(SCc3ccc4c(c3)OCO4)ncn2)n1. The van der Waals surface area contributed by atoms with Crippen molar-refractivity contribution < 1.29 is 14.3 Å². The monoisotopic (exact) mass is 395 g/mol. The lowest BCUT2D eigenvalue weighted by Crippen LogP contribution is -2.25. The molecule has 0 spiro atoms. The minimum Gasteiger partial charge on any atom is -0.454 e. The minimum absolute atomic E-state index is 0.146. The van der Waals surface area contributed by atoms with Gasteiger partial charge in [0.25, 0.3) is 5.91 Å². The van der Waals surface area contributed by atoms with Crippen molar-refractivity contribution in [3.63, 3.8) is 0 Å². The quantitative estimate of drug-likeness (QED) is 0.507. The molecule has 9 heteroatoms. The van der Waals surface area contributed by atoms with E-state index in [1.165, 1.54) is 6.33 Å². The van der Waals surface area contributed by atoms with Crippen LogP contribution in [0.25, 0.3) is 5.82 Å². The Morgan fingerprint density at radius 1 is 1.18 bits per heavy atom. The summed E-state index contributed by atoms with van der Waals surface area (Å²) in [5, 5.41) is 8.09. The van der Waals surface area contributed by atoms with Gasteiger partial charge in [-0.2, -0.15) is 5.10 Å². The smallest absolute Gasteiger partial charge is 0.272 e. The zero-order chi connectivity index (χ0) is 18.9. The highest BCUT2D eigenvalue weighted by Gasteiger charge is 2.24. The summed E-state index contributed by atoms with van der Waals surface area (Å²) in [4.78, 5) is 20.7. The lowest BCUT2D eigenvalue weighted by atomic mass is 10.2. The molecule has 1 fully saturated rings. The van der Waals surface area contributed by atoms with Crippen LogP contribution in [0, 0.1) is 0 Å². The van der Waals surface area contributed by atoms with E-state index in [4.69, 9.17) is 9.47 Å². The molecule has 1 aliphatic carbocycles. The average molecular weight is 395 g/mol. The fourth-order valence-corrected chi connectivity index (χ4v) is 3.59. The highest BCUT2D eigenvalue weighted by Crippen LogP contribution is 2.34. The van der Waals surface area contributed by atoms with Gasteiger partial charge in [0.2, 0.25) is 6.79 Å². The van der Waals surface area contributed by atoms with E-state index in [0.29, 0.717) is 17.6 Å². The molecular formula is C19H17N5O3S. The van der Waals surface area contributed by atoms with Crippen molar-refractivity contribution in [1.82, 2.24) is 25.1 Å². The van der Waals surface area contributed by atoms with Gasteiger partial charge in [-0.3, -0.25) is 4.79 Å². The number of nitrogens with zero attached hydrogens (tertiary/aromatic N) is 4. The van der Waals surface area contributed by atoms with Gasteiger partial charge in [0, 0.05) is 24.1 Å². The molecule has 2 aliphatic rings. The second kappa shape index (κ2) is 7.16. The first-order valence-corrected chi connectivity index (χ1v) is 9.93. The largest absolute Gasteiger partial charge is 0.454 e. The van der Waals surface area contributed by atoms with Gasteiger partial charge in [-0.15, -0.1) is 11.8 Å². The van der Waals surface area contributed by atoms with Crippen molar-refractivity contribution >= 4 is 17.7 Å². The standard InChI is InChI=1S/C19H17N5O3S/c25-19(22-13-2-3-13)14-5-6-24(23-14)17-8-18(21-10-20-17)28-9-12-1-4-15-16(7-12)27-11-26-15/h1,4-8,10,13H,2-3,9,11H2,(H,22,25). The summed E-state index contributed by atoms with van der Waals surface area (Å²) in [5.41, 5.74) is 1.51. The van der Waals surface area contributed by atoms with Gasteiger partial charge in [0.05, 0.1) is 0 Å². The van der Waals surface area contributed by atoms with Gasteiger partial charge in [-0.25, -0.2) is 14.6 Å². The Bertz CT molecular complexity index is 1030. The molecule has 0 atom stereocenters. The van der Waals surface area contributed by atoms with Crippen LogP contribution in [0.3, 0.4) is 0 Å². The normalized spacial score (nSPS) is 14.9. The molecule has 3 heterocycles. The first-order valence-electron chi connectivity index (χ1n) is 8.95. The highest BCUT2D eigenvalue weighted by atomic mass is 32.2. The molecule has 1 saturated carbocycles. The molecule has 1 aliphatic heterocycles. The molecule has 1 aromatic carbocycles. The molecule has 2 aromatic heterocycles. The lowest BCUT2D eigenvalue weighted by Gasteiger charge is -2.05. The van der Waals surface area contributed by atoms with E-state index in [2.05, 4.69) is 20.4 Å². The third kappa shape index (κ3) is 3.65. The third-order valence-corrected chi connectivity index (χ3v) is 5.42. The number of nitrogens with one attached hydrogen (secondary N) is 1. The van der Waals surface area contributed by atoms with Crippen LogP contribution in [0.1, 0.15) is 28.9 Å². The first kappa shape index (κ1) is 17.1. The number of rotatable bonds is 6. The molecule has 1 amide bonds. The van der Waals surface area contributed by atoms with Crippen LogP contribution in [0.2, 0.25) is 0 Å². The molecule has 1 N–H and O–H groups in total. The summed E-state index contributed by atoms with van der Waals surface area (Å²) in [6, 6.07) is 9.76. The lowest BCUT2D eigenvalue weighted by molar-refractivity contribution is 0.0945. The molecule has 0 saturated heterocycles. The zero-order valence-corrected chi connectivity index (χ0v) is 15.7. The van der Waals surface area contributed by atoms with Crippen molar-refractivity contribution in [2.75, 3.05) is 6.79 Å². The molecular weight excluding hydrogens is 378 g/mol. The number of aromatic nitrogens is 4. The van der Waals surface area contributed by atoms with E-state index in [1.54, 1.807) is 28.7 Å². The maximum absolute atomic E-state index is 12.1. The van der Waals surface area contributed by atoms with Gasteiger partial charge in [0.1, 0.15) is 11.4 Å². The summed E-state index contributed by atoms with van der Waals surface area (Å²) < 4.78 is 12.3. The van der Waals surface area contributed by atoms with E-state index in [9.17, 15) is 4.79 Å². The Morgan fingerprint density at radius 3 is 2.96 bits per heavy atom. The number of carbonyl (C=O) groups is 1. The van der Waals surface area contributed by atoms with Crippen molar-refractivity contribution in [2.24, 2.45) is 0 Å². The number of amides is 1. The van der Waals surface area contributed by atoms with Gasteiger partial charge in [-0.1, -0.05) is 6.07 Å². The topological polar surface area (TPSA) is 91.2 Å². The fourth-order valence-electron chi connectivity index (χ4n) is 2.78. The van der Waals surface area contributed by atoms with Crippen LogP contribution in [0.15, 0.2) is 47.9 Å². The summed E-state index contributed by atoms with van der Waals surface area (Å²) in [6.07, 6.45) is 5.32. The summed E-state index contributed by atoms with van der Waals surface area (Å²) in [7, 11) is 0. The van der Waals surface area contributed by atoms with Crippen molar-refractivity contribution in [2.45, 2.75) is 29.7 Å². The number of hydrogen-bond donors (Lipinski definition) is 1. The molecule has 0 unspecified atom stereocenters. The van der Waals surface area contributed by atoms with Gasteiger partial charge < -0.3 is 14.8 Å². The summed E-state index contributed by atoms with van der Waals surface area (Å²) in [6.45, 7) is 0.270. The molecule has 0 bridgehead atoms. The van der Waals surface area contributed by atoms with Crippen LogP contribution in [-0.2, 0) is 5.75 Å². The van der Waals surface area contributed by atoms with E-state index < -0.39 is 0 Å². The number of thioether (sulfide) groups is 1. The van der Waals surface area contributed by atoms with Crippen LogP contribution >= 0.6 is 11.8 Å². The Kier molecular flexibility index (Phi) is 4.36.